The Labute approximate surface area is 94.7 Å². The minimum atomic E-state index is 0.205. The van der Waals surface area contributed by atoms with Crippen LogP contribution in [-0.4, -0.2) is 0 Å². The van der Waals surface area contributed by atoms with Crippen LogP contribution in [0.25, 0.3) is 0 Å². The van der Waals surface area contributed by atoms with Gasteiger partial charge in [-0.3, -0.25) is 0 Å². The summed E-state index contributed by atoms with van der Waals surface area (Å²) in [6, 6.07) is 8.46. The van der Waals surface area contributed by atoms with Gasteiger partial charge in [0.25, 0.3) is 0 Å². The molecule has 0 unspecified atom stereocenters. The molecule has 1 radical (unpaired) electrons. The average molecular weight is 203 g/mol. The van der Waals surface area contributed by atoms with Crippen molar-refractivity contribution in [3.8, 4) is 0 Å². The molecule has 0 nitrogen and oxygen atoms in total. The maximum Gasteiger partial charge on any atom is -0.00959 e. The highest BCUT2D eigenvalue weighted by Gasteiger charge is 2.27. The van der Waals surface area contributed by atoms with Crippen molar-refractivity contribution in [2.45, 2.75) is 46.5 Å². The Bertz CT molecular complexity index is 326. The zero-order chi connectivity index (χ0) is 11.7. The summed E-state index contributed by atoms with van der Waals surface area (Å²) in [4.78, 5) is 0. The number of rotatable bonds is 2. The van der Waals surface area contributed by atoms with Crippen LogP contribution in [0.2, 0.25) is 0 Å². The maximum atomic E-state index is 4.12. The summed E-state index contributed by atoms with van der Waals surface area (Å²) in [6.07, 6.45) is 1.17. The smallest absolute Gasteiger partial charge is 0.00959 e. The van der Waals surface area contributed by atoms with Crippen LogP contribution in [0.15, 0.2) is 24.3 Å². The predicted octanol–water partition coefficient (Wildman–Crippen LogP) is 4.58. The molecule has 0 heterocycles. The first kappa shape index (κ1) is 12.3. The molecular formula is C15H23. The van der Waals surface area contributed by atoms with Crippen LogP contribution in [-0.2, 0) is 5.41 Å². The third-order valence-electron chi connectivity index (χ3n) is 2.72. The molecule has 0 heteroatoms. The zero-order valence-corrected chi connectivity index (χ0v) is 10.7. The Morgan fingerprint density at radius 1 is 1.00 bits per heavy atom. The van der Waals surface area contributed by atoms with E-state index in [4.69, 9.17) is 0 Å². The number of hydrogen-bond acceptors (Lipinski definition) is 0. The summed E-state index contributed by atoms with van der Waals surface area (Å²) in [6.45, 7) is 15.6. The van der Waals surface area contributed by atoms with Gasteiger partial charge in [0.1, 0.15) is 0 Å². The molecule has 83 valence electrons. The molecule has 1 aromatic carbocycles. The van der Waals surface area contributed by atoms with Gasteiger partial charge in [-0.05, 0) is 35.3 Å². The van der Waals surface area contributed by atoms with Crippen molar-refractivity contribution in [2.24, 2.45) is 5.41 Å². The summed E-state index contributed by atoms with van der Waals surface area (Å²) in [5.74, 6) is 0. The molecule has 0 atom stereocenters. The van der Waals surface area contributed by atoms with Crippen molar-refractivity contribution < 1.29 is 0 Å². The molecule has 0 aliphatic heterocycles. The van der Waals surface area contributed by atoms with Gasteiger partial charge >= 0.3 is 0 Å². The molecule has 0 aliphatic carbocycles. The zero-order valence-electron chi connectivity index (χ0n) is 10.7. The largest absolute Gasteiger partial charge is 0.0620 e. The molecule has 1 rings (SSSR count). The molecule has 0 saturated carbocycles. The lowest BCUT2D eigenvalue weighted by Gasteiger charge is -2.34. The normalized spacial score (nSPS) is 12.9. The van der Waals surface area contributed by atoms with Crippen molar-refractivity contribution in [3.05, 3.63) is 42.3 Å². The van der Waals surface area contributed by atoms with E-state index in [0.717, 1.165) is 5.56 Å². The lowest BCUT2D eigenvalue weighted by molar-refractivity contribution is 0.284. The Hall–Kier alpha value is -0.780. The molecule has 0 fully saturated rings. The Balaban J connectivity index is 3.01. The van der Waals surface area contributed by atoms with Gasteiger partial charge in [-0.1, -0.05) is 58.9 Å². The molecule has 0 amide bonds. The van der Waals surface area contributed by atoms with E-state index in [1.54, 1.807) is 0 Å². The lowest BCUT2D eigenvalue weighted by Crippen LogP contribution is -2.25. The summed E-state index contributed by atoms with van der Waals surface area (Å²) >= 11 is 0. The van der Waals surface area contributed by atoms with Crippen molar-refractivity contribution in [1.29, 1.82) is 0 Å². The molecule has 0 spiro atoms. The quantitative estimate of drug-likeness (QED) is 0.660. The van der Waals surface area contributed by atoms with E-state index in [2.05, 4.69) is 65.8 Å². The Morgan fingerprint density at radius 3 is 2.00 bits per heavy atom. The summed E-state index contributed by atoms with van der Waals surface area (Å²) < 4.78 is 0. The topological polar surface area (TPSA) is 0 Å². The first-order chi connectivity index (χ1) is 6.72. The minimum Gasteiger partial charge on any atom is -0.0620 e. The van der Waals surface area contributed by atoms with Gasteiger partial charge in [0.15, 0.2) is 0 Å². The SMILES string of the molecule is [CH2]c1ccccc1C(C)(C)CC(C)(C)C. The summed E-state index contributed by atoms with van der Waals surface area (Å²) in [5.41, 5.74) is 3.09. The first-order valence-electron chi connectivity index (χ1n) is 5.64. The molecule has 0 N–H and O–H groups in total. The third kappa shape index (κ3) is 3.37. The first-order valence-corrected chi connectivity index (χ1v) is 5.64. The van der Waals surface area contributed by atoms with E-state index in [9.17, 15) is 0 Å². The highest BCUT2D eigenvalue weighted by Crippen LogP contribution is 2.37. The van der Waals surface area contributed by atoms with Crippen LogP contribution in [0.3, 0.4) is 0 Å². The van der Waals surface area contributed by atoms with E-state index in [-0.39, 0.29) is 5.41 Å². The summed E-state index contributed by atoms with van der Waals surface area (Å²) in [5, 5.41) is 0. The van der Waals surface area contributed by atoms with Crippen molar-refractivity contribution >= 4 is 0 Å². The van der Waals surface area contributed by atoms with Crippen LogP contribution in [0.4, 0.5) is 0 Å². The number of hydrogen-bond donors (Lipinski definition) is 0. The van der Waals surface area contributed by atoms with Gasteiger partial charge < -0.3 is 0 Å². The monoisotopic (exact) mass is 203 g/mol. The van der Waals surface area contributed by atoms with Crippen molar-refractivity contribution in [2.75, 3.05) is 0 Å². The van der Waals surface area contributed by atoms with Crippen LogP contribution in [0.5, 0.6) is 0 Å². The Kier molecular flexibility index (Phi) is 3.28. The van der Waals surface area contributed by atoms with Crippen LogP contribution in [0.1, 0.15) is 52.2 Å². The van der Waals surface area contributed by atoms with Gasteiger partial charge in [-0.15, -0.1) is 0 Å². The van der Waals surface area contributed by atoms with Gasteiger partial charge in [-0.25, -0.2) is 0 Å². The van der Waals surface area contributed by atoms with E-state index < -0.39 is 0 Å². The van der Waals surface area contributed by atoms with E-state index in [1.165, 1.54) is 12.0 Å². The lowest BCUT2D eigenvalue weighted by atomic mass is 9.71. The van der Waals surface area contributed by atoms with Crippen molar-refractivity contribution in [1.82, 2.24) is 0 Å². The second kappa shape index (κ2) is 4.00. The average Bonchev–Trinajstić information content (AvgIpc) is 1.99. The molecule has 0 bridgehead atoms. The van der Waals surface area contributed by atoms with Crippen LogP contribution >= 0.6 is 0 Å². The van der Waals surface area contributed by atoms with Crippen LogP contribution < -0.4 is 0 Å². The highest BCUT2D eigenvalue weighted by molar-refractivity contribution is 5.35. The molecular weight excluding hydrogens is 180 g/mol. The Morgan fingerprint density at radius 2 is 1.53 bits per heavy atom. The third-order valence-corrected chi connectivity index (χ3v) is 2.72. The van der Waals surface area contributed by atoms with Gasteiger partial charge in [0.2, 0.25) is 0 Å². The molecule has 0 aliphatic rings. The summed E-state index contributed by atoms with van der Waals surface area (Å²) in [7, 11) is 0. The van der Waals surface area contributed by atoms with Crippen molar-refractivity contribution in [3.63, 3.8) is 0 Å². The van der Waals surface area contributed by atoms with Gasteiger partial charge in [-0.2, -0.15) is 0 Å². The molecule has 0 saturated heterocycles. The van der Waals surface area contributed by atoms with Crippen LogP contribution in [0, 0.1) is 12.3 Å². The standard InChI is InChI=1S/C15H23/c1-12-9-7-8-10-13(12)15(5,6)11-14(2,3)4/h7-10H,1,11H2,2-6H3. The van der Waals surface area contributed by atoms with Gasteiger partial charge in [0, 0.05) is 0 Å². The fourth-order valence-corrected chi connectivity index (χ4v) is 2.60. The second-order valence-electron chi connectivity index (χ2n) is 6.28. The molecule has 15 heavy (non-hydrogen) atoms. The van der Waals surface area contributed by atoms with Gasteiger partial charge in [0.05, 0.1) is 0 Å². The maximum absolute atomic E-state index is 4.12. The minimum absolute atomic E-state index is 0.205. The molecule has 0 aromatic heterocycles. The van der Waals surface area contributed by atoms with E-state index >= 15 is 0 Å². The fraction of sp³-hybridized carbons (Fsp3) is 0.533. The highest BCUT2D eigenvalue weighted by atomic mass is 14.3. The molecule has 1 aromatic rings. The second-order valence-corrected chi connectivity index (χ2v) is 6.28. The number of benzene rings is 1. The fourth-order valence-electron chi connectivity index (χ4n) is 2.60. The van der Waals surface area contributed by atoms with E-state index in [1.807, 2.05) is 0 Å². The predicted molar refractivity (Wildman–Crippen MR) is 68.0 cm³/mol. The van der Waals surface area contributed by atoms with E-state index in [0.29, 0.717) is 5.41 Å².